The van der Waals surface area contributed by atoms with Crippen molar-refractivity contribution in [3.63, 3.8) is 0 Å². The number of hydrogen-bond acceptors (Lipinski definition) is 6. The Bertz CT molecular complexity index is 455. The van der Waals surface area contributed by atoms with Gasteiger partial charge < -0.3 is 10.2 Å². The van der Waals surface area contributed by atoms with Crippen molar-refractivity contribution in [2.75, 3.05) is 43.4 Å². The van der Waals surface area contributed by atoms with Gasteiger partial charge in [0.05, 0.1) is 0 Å². The van der Waals surface area contributed by atoms with E-state index in [-0.39, 0.29) is 5.28 Å². The SMILES string of the molecule is CCCNc1nc(Cl)nc(N(C)CC2CCCN2CC)n1. The summed E-state index contributed by atoms with van der Waals surface area (Å²) < 4.78 is 0. The molecule has 1 aromatic rings. The third-order valence-electron chi connectivity index (χ3n) is 3.86. The molecule has 1 fully saturated rings. The van der Waals surface area contributed by atoms with Gasteiger partial charge in [-0.1, -0.05) is 13.8 Å². The molecule has 6 nitrogen and oxygen atoms in total. The highest BCUT2D eigenvalue weighted by atomic mass is 35.5. The lowest BCUT2D eigenvalue weighted by molar-refractivity contribution is 0.270. The summed E-state index contributed by atoms with van der Waals surface area (Å²) >= 11 is 6.01. The van der Waals surface area contributed by atoms with Crippen molar-refractivity contribution in [2.24, 2.45) is 0 Å². The maximum absolute atomic E-state index is 6.01. The molecule has 0 radical (unpaired) electrons. The average molecular weight is 313 g/mol. The molecule has 2 rings (SSSR count). The van der Waals surface area contributed by atoms with Crippen LogP contribution in [0.5, 0.6) is 0 Å². The van der Waals surface area contributed by atoms with Crippen LogP contribution in [0.4, 0.5) is 11.9 Å². The third kappa shape index (κ3) is 4.41. The second-order valence-electron chi connectivity index (χ2n) is 5.46. The molecule has 0 saturated carbocycles. The summed E-state index contributed by atoms with van der Waals surface area (Å²) in [4.78, 5) is 17.4. The summed E-state index contributed by atoms with van der Waals surface area (Å²) in [5.41, 5.74) is 0. The van der Waals surface area contributed by atoms with Gasteiger partial charge in [-0.05, 0) is 44.0 Å². The molecule has 0 aromatic carbocycles. The summed E-state index contributed by atoms with van der Waals surface area (Å²) in [5.74, 6) is 1.19. The minimum Gasteiger partial charge on any atom is -0.354 e. The van der Waals surface area contributed by atoms with E-state index in [1.807, 2.05) is 7.05 Å². The molecule has 1 atom stereocenters. The Kier molecular flexibility index (Phi) is 5.99. The first-order chi connectivity index (χ1) is 10.1. The quantitative estimate of drug-likeness (QED) is 0.833. The van der Waals surface area contributed by atoms with Gasteiger partial charge in [-0.25, -0.2) is 0 Å². The Hall–Kier alpha value is -1.14. The van der Waals surface area contributed by atoms with E-state index in [4.69, 9.17) is 11.6 Å². The number of nitrogens with zero attached hydrogens (tertiary/aromatic N) is 5. The van der Waals surface area contributed by atoms with E-state index < -0.39 is 0 Å². The number of likely N-dealkylation sites (N-methyl/N-ethyl adjacent to an activating group) is 2. The molecular formula is C14H25ClN6. The highest BCUT2D eigenvalue weighted by molar-refractivity contribution is 6.28. The van der Waals surface area contributed by atoms with Crippen molar-refractivity contribution >= 4 is 23.5 Å². The normalized spacial score (nSPS) is 19.0. The fourth-order valence-electron chi connectivity index (χ4n) is 2.74. The number of anilines is 2. The Balaban J connectivity index is 2.04. The number of hydrogen-bond donors (Lipinski definition) is 1. The van der Waals surface area contributed by atoms with E-state index in [1.165, 1.54) is 19.4 Å². The lowest BCUT2D eigenvalue weighted by atomic mass is 10.2. The Morgan fingerprint density at radius 2 is 2.14 bits per heavy atom. The average Bonchev–Trinajstić information content (AvgIpc) is 2.91. The molecule has 0 spiro atoms. The van der Waals surface area contributed by atoms with E-state index in [0.717, 1.165) is 26.1 Å². The molecule has 21 heavy (non-hydrogen) atoms. The zero-order valence-corrected chi connectivity index (χ0v) is 13.9. The van der Waals surface area contributed by atoms with Crippen LogP contribution in [-0.2, 0) is 0 Å². The lowest BCUT2D eigenvalue weighted by Gasteiger charge is -2.27. The van der Waals surface area contributed by atoms with E-state index >= 15 is 0 Å². The molecular weight excluding hydrogens is 288 g/mol. The standard InChI is InChI=1S/C14H25ClN6/c1-4-8-16-13-17-12(15)18-14(19-13)20(3)10-11-7-6-9-21(11)5-2/h11H,4-10H2,1-3H3,(H,16,17,18,19). The molecule has 1 N–H and O–H groups in total. The van der Waals surface area contributed by atoms with Crippen LogP contribution in [0.15, 0.2) is 0 Å². The van der Waals surface area contributed by atoms with E-state index in [9.17, 15) is 0 Å². The summed E-state index contributed by atoms with van der Waals surface area (Å²) in [5, 5.41) is 3.40. The molecule has 118 valence electrons. The first-order valence-corrected chi connectivity index (χ1v) is 8.12. The fourth-order valence-corrected chi connectivity index (χ4v) is 2.90. The maximum atomic E-state index is 6.01. The van der Waals surface area contributed by atoms with Crippen LogP contribution >= 0.6 is 11.6 Å². The fraction of sp³-hybridized carbons (Fsp3) is 0.786. The molecule has 1 aliphatic rings. The van der Waals surface area contributed by atoms with Crippen LogP contribution in [0.1, 0.15) is 33.1 Å². The minimum atomic E-state index is 0.240. The van der Waals surface area contributed by atoms with E-state index in [2.05, 4.69) is 43.9 Å². The van der Waals surface area contributed by atoms with Crippen molar-refractivity contribution in [1.29, 1.82) is 0 Å². The molecule has 0 bridgehead atoms. The van der Waals surface area contributed by atoms with Gasteiger partial charge in [0.1, 0.15) is 0 Å². The summed E-state index contributed by atoms with van der Waals surface area (Å²) in [7, 11) is 2.02. The monoisotopic (exact) mass is 312 g/mol. The van der Waals surface area contributed by atoms with Crippen LogP contribution in [0.2, 0.25) is 5.28 Å². The molecule has 0 aliphatic carbocycles. The van der Waals surface area contributed by atoms with Gasteiger partial charge in [0.2, 0.25) is 17.2 Å². The van der Waals surface area contributed by atoms with E-state index in [0.29, 0.717) is 17.9 Å². The lowest BCUT2D eigenvalue weighted by Crippen LogP contribution is -2.39. The number of halogens is 1. The first kappa shape index (κ1) is 16.2. The van der Waals surface area contributed by atoms with Gasteiger partial charge in [-0.2, -0.15) is 15.0 Å². The minimum absolute atomic E-state index is 0.240. The maximum Gasteiger partial charge on any atom is 0.231 e. The molecule has 1 aliphatic heterocycles. The van der Waals surface area contributed by atoms with Gasteiger partial charge >= 0.3 is 0 Å². The highest BCUT2D eigenvalue weighted by Crippen LogP contribution is 2.20. The topological polar surface area (TPSA) is 57.2 Å². The van der Waals surface area contributed by atoms with Gasteiger partial charge in [0.25, 0.3) is 0 Å². The first-order valence-electron chi connectivity index (χ1n) is 7.74. The van der Waals surface area contributed by atoms with Crippen molar-refractivity contribution in [3.8, 4) is 0 Å². The Morgan fingerprint density at radius 3 is 2.86 bits per heavy atom. The third-order valence-corrected chi connectivity index (χ3v) is 4.03. The van der Waals surface area contributed by atoms with Gasteiger partial charge in [-0.3, -0.25) is 4.90 Å². The summed E-state index contributed by atoms with van der Waals surface area (Å²) in [6.45, 7) is 8.35. The number of rotatable bonds is 7. The molecule has 1 saturated heterocycles. The van der Waals surface area contributed by atoms with Crippen LogP contribution in [-0.4, -0.2) is 59.1 Å². The zero-order chi connectivity index (χ0) is 15.2. The van der Waals surface area contributed by atoms with Crippen LogP contribution in [0, 0.1) is 0 Å². The van der Waals surface area contributed by atoms with Crippen molar-refractivity contribution in [2.45, 2.75) is 39.2 Å². The largest absolute Gasteiger partial charge is 0.354 e. The number of likely N-dealkylation sites (tertiary alicyclic amines) is 1. The van der Waals surface area contributed by atoms with Crippen LogP contribution < -0.4 is 10.2 Å². The predicted molar refractivity (Wildman–Crippen MR) is 87.2 cm³/mol. The van der Waals surface area contributed by atoms with Gasteiger partial charge in [0.15, 0.2) is 0 Å². The summed E-state index contributed by atoms with van der Waals surface area (Å²) in [6, 6.07) is 0.572. The van der Waals surface area contributed by atoms with Crippen LogP contribution in [0.25, 0.3) is 0 Å². The molecule has 2 heterocycles. The Labute approximate surface area is 131 Å². The van der Waals surface area contributed by atoms with Gasteiger partial charge in [-0.15, -0.1) is 0 Å². The second kappa shape index (κ2) is 7.75. The van der Waals surface area contributed by atoms with Crippen molar-refractivity contribution in [3.05, 3.63) is 5.28 Å². The smallest absolute Gasteiger partial charge is 0.231 e. The van der Waals surface area contributed by atoms with Crippen molar-refractivity contribution < 1.29 is 0 Å². The predicted octanol–water partition coefficient (Wildman–Crippen LogP) is 2.27. The Morgan fingerprint density at radius 1 is 1.33 bits per heavy atom. The summed E-state index contributed by atoms with van der Waals surface area (Å²) in [6.07, 6.45) is 3.52. The number of aromatic nitrogens is 3. The van der Waals surface area contributed by atoms with E-state index in [1.54, 1.807) is 0 Å². The van der Waals surface area contributed by atoms with Crippen molar-refractivity contribution in [1.82, 2.24) is 19.9 Å². The molecule has 1 aromatic heterocycles. The molecule has 1 unspecified atom stereocenters. The van der Waals surface area contributed by atoms with Gasteiger partial charge in [0, 0.05) is 26.2 Å². The number of nitrogens with one attached hydrogen (secondary N) is 1. The molecule has 7 heteroatoms. The second-order valence-corrected chi connectivity index (χ2v) is 5.80. The molecule has 0 amide bonds. The zero-order valence-electron chi connectivity index (χ0n) is 13.1. The van der Waals surface area contributed by atoms with Crippen LogP contribution in [0.3, 0.4) is 0 Å². The highest BCUT2D eigenvalue weighted by Gasteiger charge is 2.25.